The maximum atomic E-state index is 9.30. The lowest BCUT2D eigenvalue weighted by Gasteiger charge is -2.26. The van der Waals surface area contributed by atoms with Gasteiger partial charge in [-0.25, -0.2) is 0 Å². The molecule has 0 amide bonds. The van der Waals surface area contributed by atoms with Crippen LogP contribution in [0.2, 0.25) is 0 Å². The molecular formula is C28H28O3. The molecule has 3 N–H and O–H groups in total. The van der Waals surface area contributed by atoms with E-state index in [1.807, 2.05) is 36.4 Å². The highest BCUT2D eigenvalue weighted by Crippen LogP contribution is 2.32. The van der Waals surface area contributed by atoms with Gasteiger partial charge >= 0.3 is 0 Å². The summed E-state index contributed by atoms with van der Waals surface area (Å²) in [6, 6.07) is 30.0. The molecule has 0 aliphatic rings. The van der Waals surface area contributed by atoms with Crippen LogP contribution >= 0.6 is 0 Å². The molecule has 4 rings (SSSR count). The molecule has 4 aromatic rings. The first-order chi connectivity index (χ1) is 14.8. The topological polar surface area (TPSA) is 60.7 Å². The number of phenols is 3. The van der Waals surface area contributed by atoms with Crippen LogP contribution < -0.4 is 0 Å². The zero-order valence-corrected chi connectivity index (χ0v) is 18.1. The second kappa shape index (κ2) is 9.40. The monoisotopic (exact) mass is 412 g/mol. The van der Waals surface area contributed by atoms with Gasteiger partial charge in [-0.15, -0.1) is 0 Å². The predicted molar refractivity (Wildman–Crippen MR) is 127 cm³/mol. The third kappa shape index (κ3) is 5.67. The Balaban J connectivity index is 0.000000179. The highest BCUT2D eigenvalue weighted by Gasteiger charge is 2.22. The molecule has 0 bridgehead atoms. The molecule has 0 radical (unpaired) electrons. The summed E-state index contributed by atoms with van der Waals surface area (Å²) in [7, 11) is 0. The summed E-state index contributed by atoms with van der Waals surface area (Å²) in [5.74, 6) is 0.853. The van der Waals surface area contributed by atoms with E-state index < -0.39 is 0 Å². The Kier molecular flexibility index (Phi) is 6.66. The SMILES string of the molecule is CC(C)(c1ccc(O)cc1)c1ccc(O)cc1.Cc1ccc(-c2ccc(O)cc2)cc1. The Morgan fingerprint density at radius 1 is 0.452 bits per heavy atom. The smallest absolute Gasteiger partial charge is 0.115 e. The number of benzene rings is 4. The summed E-state index contributed by atoms with van der Waals surface area (Å²) >= 11 is 0. The van der Waals surface area contributed by atoms with E-state index in [2.05, 4.69) is 45.0 Å². The molecule has 0 aliphatic heterocycles. The number of hydrogen-bond donors (Lipinski definition) is 3. The van der Waals surface area contributed by atoms with Crippen LogP contribution in [-0.2, 0) is 5.41 Å². The van der Waals surface area contributed by atoms with Crippen LogP contribution in [0.15, 0.2) is 97.1 Å². The minimum absolute atomic E-state index is 0.151. The lowest BCUT2D eigenvalue weighted by Crippen LogP contribution is -2.18. The van der Waals surface area contributed by atoms with Gasteiger partial charge in [0.1, 0.15) is 17.2 Å². The van der Waals surface area contributed by atoms with Crippen molar-refractivity contribution in [3.63, 3.8) is 0 Å². The summed E-state index contributed by atoms with van der Waals surface area (Å²) in [6.07, 6.45) is 0. The summed E-state index contributed by atoms with van der Waals surface area (Å²) in [6.45, 7) is 6.30. The molecular weight excluding hydrogens is 384 g/mol. The van der Waals surface area contributed by atoms with E-state index >= 15 is 0 Å². The maximum absolute atomic E-state index is 9.30. The van der Waals surface area contributed by atoms with Gasteiger partial charge in [0.15, 0.2) is 0 Å². The van der Waals surface area contributed by atoms with Crippen molar-refractivity contribution in [2.75, 3.05) is 0 Å². The van der Waals surface area contributed by atoms with Gasteiger partial charge in [0, 0.05) is 5.41 Å². The van der Waals surface area contributed by atoms with Crippen molar-refractivity contribution in [2.45, 2.75) is 26.2 Å². The van der Waals surface area contributed by atoms with Crippen molar-refractivity contribution >= 4 is 0 Å². The van der Waals surface area contributed by atoms with Crippen molar-refractivity contribution in [2.24, 2.45) is 0 Å². The first-order valence-corrected chi connectivity index (χ1v) is 10.2. The van der Waals surface area contributed by atoms with Crippen LogP contribution in [0.5, 0.6) is 17.2 Å². The Bertz CT molecular complexity index is 1000. The number of aromatic hydroxyl groups is 3. The molecule has 0 unspecified atom stereocenters. The zero-order valence-electron chi connectivity index (χ0n) is 18.1. The standard InChI is InChI=1S/C15H16O2.C13H12O/c1-15(2,11-3-7-13(16)8-4-11)12-5-9-14(17)10-6-12;1-10-2-4-11(5-3-10)12-6-8-13(14)9-7-12/h3-10,16-17H,1-2H3;2-9,14H,1H3. The Hall–Kier alpha value is -3.72. The number of phenolic OH excluding ortho intramolecular Hbond substituents is 3. The molecule has 158 valence electrons. The Morgan fingerprint density at radius 3 is 1.10 bits per heavy atom. The quantitative estimate of drug-likeness (QED) is 0.347. The summed E-state index contributed by atoms with van der Waals surface area (Å²) in [5.41, 5.74) is 5.66. The van der Waals surface area contributed by atoms with Crippen LogP contribution in [0, 0.1) is 6.92 Å². The van der Waals surface area contributed by atoms with E-state index in [1.54, 1.807) is 36.4 Å². The van der Waals surface area contributed by atoms with Crippen LogP contribution in [0.4, 0.5) is 0 Å². The largest absolute Gasteiger partial charge is 0.508 e. The third-order valence-corrected chi connectivity index (χ3v) is 5.43. The Morgan fingerprint density at radius 2 is 0.742 bits per heavy atom. The molecule has 0 aliphatic carbocycles. The lowest BCUT2D eigenvalue weighted by molar-refractivity contribution is 0.473. The van der Waals surface area contributed by atoms with Gasteiger partial charge in [-0.05, 0) is 65.6 Å². The Labute approximate surface area is 183 Å². The molecule has 3 nitrogen and oxygen atoms in total. The molecule has 0 spiro atoms. The van der Waals surface area contributed by atoms with E-state index in [-0.39, 0.29) is 16.9 Å². The van der Waals surface area contributed by atoms with E-state index in [4.69, 9.17) is 5.11 Å². The molecule has 0 heterocycles. The average molecular weight is 413 g/mol. The minimum atomic E-state index is -0.151. The van der Waals surface area contributed by atoms with Crippen molar-refractivity contribution < 1.29 is 15.3 Å². The number of aryl methyl sites for hydroxylation is 1. The van der Waals surface area contributed by atoms with E-state index in [9.17, 15) is 10.2 Å². The van der Waals surface area contributed by atoms with Gasteiger partial charge in [-0.1, -0.05) is 80.1 Å². The van der Waals surface area contributed by atoms with Gasteiger partial charge in [0.05, 0.1) is 0 Å². The summed E-state index contributed by atoms with van der Waals surface area (Å²) < 4.78 is 0. The molecule has 4 aromatic carbocycles. The first-order valence-electron chi connectivity index (χ1n) is 10.2. The maximum Gasteiger partial charge on any atom is 0.115 e. The number of rotatable bonds is 3. The molecule has 0 fully saturated rings. The summed E-state index contributed by atoms with van der Waals surface area (Å²) in [5, 5.41) is 27.7. The normalized spacial score (nSPS) is 10.8. The second-order valence-electron chi connectivity index (χ2n) is 8.13. The van der Waals surface area contributed by atoms with Crippen LogP contribution in [-0.4, -0.2) is 15.3 Å². The molecule has 0 saturated heterocycles. The van der Waals surface area contributed by atoms with Crippen molar-refractivity contribution in [3.8, 4) is 28.4 Å². The fraction of sp³-hybridized carbons (Fsp3) is 0.143. The first kappa shape index (κ1) is 22.0. The lowest BCUT2D eigenvalue weighted by atomic mass is 9.78. The highest BCUT2D eigenvalue weighted by atomic mass is 16.3. The molecule has 0 aromatic heterocycles. The van der Waals surface area contributed by atoms with Crippen molar-refractivity contribution in [3.05, 3.63) is 114 Å². The summed E-state index contributed by atoms with van der Waals surface area (Å²) in [4.78, 5) is 0. The molecule has 3 heteroatoms. The number of hydrogen-bond acceptors (Lipinski definition) is 3. The zero-order chi connectivity index (χ0) is 22.4. The van der Waals surface area contributed by atoms with Crippen LogP contribution in [0.1, 0.15) is 30.5 Å². The molecule has 0 saturated carbocycles. The van der Waals surface area contributed by atoms with Gasteiger partial charge < -0.3 is 15.3 Å². The fourth-order valence-electron chi connectivity index (χ4n) is 3.32. The molecule has 31 heavy (non-hydrogen) atoms. The van der Waals surface area contributed by atoms with E-state index in [0.29, 0.717) is 5.75 Å². The molecule has 0 atom stereocenters. The van der Waals surface area contributed by atoms with Gasteiger partial charge in [0.25, 0.3) is 0 Å². The van der Waals surface area contributed by atoms with Gasteiger partial charge in [-0.3, -0.25) is 0 Å². The fourth-order valence-corrected chi connectivity index (χ4v) is 3.32. The van der Waals surface area contributed by atoms with Crippen LogP contribution in [0.25, 0.3) is 11.1 Å². The second-order valence-corrected chi connectivity index (χ2v) is 8.13. The van der Waals surface area contributed by atoms with Crippen molar-refractivity contribution in [1.82, 2.24) is 0 Å². The average Bonchev–Trinajstić information content (AvgIpc) is 2.76. The van der Waals surface area contributed by atoms with E-state index in [0.717, 1.165) is 16.7 Å². The third-order valence-electron chi connectivity index (χ3n) is 5.43. The minimum Gasteiger partial charge on any atom is -0.508 e. The van der Waals surface area contributed by atoms with Crippen LogP contribution in [0.3, 0.4) is 0 Å². The highest BCUT2D eigenvalue weighted by molar-refractivity contribution is 5.64. The van der Waals surface area contributed by atoms with Crippen molar-refractivity contribution in [1.29, 1.82) is 0 Å². The van der Waals surface area contributed by atoms with E-state index in [1.165, 1.54) is 11.1 Å². The van der Waals surface area contributed by atoms with Gasteiger partial charge in [-0.2, -0.15) is 0 Å². The van der Waals surface area contributed by atoms with Gasteiger partial charge in [0.2, 0.25) is 0 Å². The predicted octanol–water partition coefficient (Wildman–Crippen LogP) is 6.79.